The lowest BCUT2D eigenvalue weighted by atomic mass is 10.1. The first kappa shape index (κ1) is 18.7. The third-order valence-corrected chi connectivity index (χ3v) is 4.43. The summed E-state index contributed by atoms with van der Waals surface area (Å²) in [7, 11) is 0. The topological polar surface area (TPSA) is 55.8 Å². The van der Waals surface area contributed by atoms with E-state index in [1.165, 1.54) is 4.90 Å². The van der Waals surface area contributed by atoms with Crippen molar-refractivity contribution in [2.75, 3.05) is 19.8 Å². The molecule has 1 heterocycles. The molecule has 1 aliphatic rings. The third kappa shape index (κ3) is 4.05. The van der Waals surface area contributed by atoms with Gasteiger partial charge in [0.25, 0.3) is 11.1 Å². The predicted octanol–water partition coefficient (Wildman–Crippen LogP) is 4.58. The highest BCUT2D eigenvalue weighted by atomic mass is 35.5. The molecule has 0 atom stereocenters. The van der Waals surface area contributed by atoms with Crippen LogP contribution < -0.4 is 9.47 Å². The molecule has 0 aromatic heterocycles. The first-order chi connectivity index (χ1) is 11.5. The van der Waals surface area contributed by atoms with E-state index in [2.05, 4.69) is 0 Å². The van der Waals surface area contributed by atoms with E-state index in [1.807, 2.05) is 20.8 Å². The van der Waals surface area contributed by atoms with Gasteiger partial charge in [-0.1, -0.05) is 18.5 Å². The molecular weight excluding hydrogens is 350 g/mol. The average molecular weight is 370 g/mol. The van der Waals surface area contributed by atoms with Crippen LogP contribution >= 0.6 is 23.4 Å². The van der Waals surface area contributed by atoms with Crippen LogP contribution in [-0.4, -0.2) is 35.8 Å². The van der Waals surface area contributed by atoms with Gasteiger partial charge in [-0.15, -0.1) is 0 Å². The molecule has 0 spiro atoms. The zero-order chi connectivity index (χ0) is 17.7. The van der Waals surface area contributed by atoms with E-state index >= 15 is 0 Å². The molecule has 1 aromatic rings. The summed E-state index contributed by atoms with van der Waals surface area (Å²) in [5.74, 6) is 0.734. The number of halogens is 1. The summed E-state index contributed by atoms with van der Waals surface area (Å²) in [5.41, 5.74) is 0.689. The summed E-state index contributed by atoms with van der Waals surface area (Å²) in [6.07, 6.45) is 2.39. The summed E-state index contributed by atoms with van der Waals surface area (Å²) in [5, 5.41) is 0.164. The van der Waals surface area contributed by atoms with E-state index in [9.17, 15) is 9.59 Å². The van der Waals surface area contributed by atoms with Crippen LogP contribution in [0, 0.1) is 0 Å². The second kappa shape index (κ2) is 8.44. The number of amides is 2. The summed E-state index contributed by atoms with van der Waals surface area (Å²) in [6.45, 7) is 7.02. The summed E-state index contributed by atoms with van der Waals surface area (Å²) in [6, 6.07) is 3.46. The van der Waals surface area contributed by atoms with Crippen LogP contribution in [0.15, 0.2) is 17.0 Å². The van der Waals surface area contributed by atoms with E-state index in [4.69, 9.17) is 21.1 Å². The largest absolute Gasteiger partial charge is 0.490 e. The van der Waals surface area contributed by atoms with Gasteiger partial charge >= 0.3 is 0 Å². The number of ether oxygens (including phenoxy) is 2. The lowest BCUT2D eigenvalue weighted by molar-refractivity contribution is -0.122. The molecule has 5 nitrogen and oxygen atoms in total. The van der Waals surface area contributed by atoms with Gasteiger partial charge in [0.1, 0.15) is 0 Å². The van der Waals surface area contributed by atoms with Gasteiger partial charge in [0, 0.05) is 6.54 Å². The van der Waals surface area contributed by atoms with Crippen LogP contribution in [0.4, 0.5) is 4.79 Å². The SMILES string of the molecule is CCCN1C(=O)S/C(=C/c2cc(Cl)c(OCC)c(OCC)c2)C1=O. The molecular formula is C17H20ClNO4S. The number of carbonyl (C=O) groups excluding carboxylic acids is 2. The number of carbonyl (C=O) groups is 2. The molecule has 1 fully saturated rings. The minimum absolute atomic E-state index is 0.241. The lowest BCUT2D eigenvalue weighted by Crippen LogP contribution is -2.28. The van der Waals surface area contributed by atoms with E-state index in [0.29, 0.717) is 46.7 Å². The molecule has 0 N–H and O–H groups in total. The summed E-state index contributed by atoms with van der Waals surface area (Å²) >= 11 is 7.21. The van der Waals surface area contributed by atoms with Gasteiger partial charge in [-0.05, 0) is 55.8 Å². The number of thioether (sulfide) groups is 1. The Kier molecular flexibility index (Phi) is 6.57. The predicted molar refractivity (Wildman–Crippen MR) is 96.8 cm³/mol. The Bertz CT molecular complexity index is 675. The zero-order valence-corrected chi connectivity index (χ0v) is 15.5. The number of nitrogens with zero attached hydrogens (tertiary/aromatic N) is 1. The molecule has 0 aliphatic carbocycles. The molecule has 7 heteroatoms. The number of benzene rings is 1. The first-order valence-corrected chi connectivity index (χ1v) is 9.05. The Morgan fingerprint density at radius 3 is 2.50 bits per heavy atom. The highest BCUT2D eigenvalue weighted by Gasteiger charge is 2.34. The second-order valence-electron chi connectivity index (χ2n) is 5.03. The fraction of sp³-hybridized carbons (Fsp3) is 0.412. The van der Waals surface area contributed by atoms with Crippen molar-refractivity contribution in [1.82, 2.24) is 4.90 Å². The Hall–Kier alpha value is -1.66. The molecule has 1 aliphatic heterocycles. The summed E-state index contributed by atoms with van der Waals surface area (Å²) in [4.78, 5) is 25.9. The Balaban J connectivity index is 2.36. The van der Waals surface area contributed by atoms with Crippen molar-refractivity contribution < 1.29 is 19.1 Å². The Labute approximate surface area is 150 Å². The third-order valence-electron chi connectivity index (χ3n) is 3.24. The van der Waals surface area contributed by atoms with E-state index in [0.717, 1.165) is 18.2 Å². The van der Waals surface area contributed by atoms with Crippen LogP contribution in [0.1, 0.15) is 32.8 Å². The fourth-order valence-electron chi connectivity index (χ4n) is 2.29. The number of hydrogen-bond acceptors (Lipinski definition) is 5. The monoisotopic (exact) mass is 369 g/mol. The quantitative estimate of drug-likeness (QED) is 0.658. The maximum atomic E-state index is 12.3. The molecule has 1 aromatic carbocycles. The van der Waals surface area contributed by atoms with Crippen LogP contribution in [0.25, 0.3) is 6.08 Å². The molecule has 0 saturated carbocycles. The van der Waals surface area contributed by atoms with Crippen LogP contribution in [0.5, 0.6) is 11.5 Å². The lowest BCUT2D eigenvalue weighted by Gasteiger charge is -2.13. The minimum atomic E-state index is -0.269. The van der Waals surface area contributed by atoms with Crippen molar-refractivity contribution >= 4 is 40.6 Å². The highest BCUT2D eigenvalue weighted by Crippen LogP contribution is 2.39. The number of imide groups is 1. The molecule has 24 heavy (non-hydrogen) atoms. The molecule has 2 rings (SSSR count). The maximum Gasteiger partial charge on any atom is 0.293 e. The molecule has 0 bridgehead atoms. The van der Waals surface area contributed by atoms with Crippen molar-refractivity contribution in [2.24, 2.45) is 0 Å². The van der Waals surface area contributed by atoms with Crippen LogP contribution in [0.3, 0.4) is 0 Å². The van der Waals surface area contributed by atoms with Crippen molar-refractivity contribution in [3.63, 3.8) is 0 Å². The molecule has 0 radical (unpaired) electrons. The Morgan fingerprint density at radius 1 is 1.17 bits per heavy atom. The van der Waals surface area contributed by atoms with Crippen molar-refractivity contribution in [1.29, 1.82) is 0 Å². The minimum Gasteiger partial charge on any atom is -0.490 e. The maximum absolute atomic E-state index is 12.3. The normalized spacial score (nSPS) is 16.2. The van der Waals surface area contributed by atoms with Crippen LogP contribution in [-0.2, 0) is 4.79 Å². The molecule has 130 valence electrons. The van der Waals surface area contributed by atoms with Crippen molar-refractivity contribution in [3.05, 3.63) is 27.6 Å². The van der Waals surface area contributed by atoms with E-state index < -0.39 is 0 Å². The van der Waals surface area contributed by atoms with Crippen molar-refractivity contribution in [2.45, 2.75) is 27.2 Å². The van der Waals surface area contributed by atoms with E-state index in [1.54, 1.807) is 18.2 Å². The van der Waals surface area contributed by atoms with E-state index in [-0.39, 0.29) is 11.1 Å². The van der Waals surface area contributed by atoms with Crippen LogP contribution in [0.2, 0.25) is 5.02 Å². The summed E-state index contributed by atoms with van der Waals surface area (Å²) < 4.78 is 11.1. The highest BCUT2D eigenvalue weighted by molar-refractivity contribution is 8.18. The van der Waals surface area contributed by atoms with Gasteiger partial charge in [0.05, 0.1) is 23.1 Å². The van der Waals surface area contributed by atoms with Gasteiger partial charge in [0.2, 0.25) is 0 Å². The fourth-order valence-corrected chi connectivity index (χ4v) is 3.43. The molecule has 0 unspecified atom stereocenters. The van der Waals surface area contributed by atoms with Crippen molar-refractivity contribution in [3.8, 4) is 11.5 Å². The molecule has 2 amide bonds. The standard InChI is InChI=1S/C17H20ClNO4S/c1-4-7-19-16(20)14(24-17(19)21)10-11-8-12(18)15(23-6-3)13(9-11)22-5-2/h8-10H,4-7H2,1-3H3/b14-10+. The second-order valence-corrected chi connectivity index (χ2v) is 6.43. The smallest absolute Gasteiger partial charge is 0.293 e. The average Bonchev–Trinajstić information content (AvgIpc) is 2.79. The van der Waals surface area contributed by atoms with Gasteiger partial charge in [-0.25, -0.2) is 0 Å². The first-order valence-electron chi connectivity index (χ1n) is 7.86. The van der Waals surface area contributed by atoms with Gasteiger partial charge < -0.3 is 9.47 Å². The van der Waals surface area contributed by atoms with Gasteiger partial charge in [-0.2, -0.15) is 0 Å². The number of hydrogen-bond donors (Lipinski definition) is 0. The zero-order valence-electron chi connectivity index (χ0n) is 13.9. The Morgan fingerprint density at radius 2 is 1.88 bits per heavy atom. The van der Waals surface area contributed by atoms with Gasteiger partial charge in [0.15, 0.2) is 11.5 Å². The van der Waals surface area contributed by atoms with Gasteiger partial charge in [-0.3, -0.25) is 14.5 Å². The molecule has 1 saturated heterocycles. The number of rotatable bonds is 7.